The number of benzene rings is 3. The third-order valence-electron chi connectivity index (χ3n) is 5.43. The maximum Gasteiger partial charge on any atom is 0.237 e. The Hall–Kier alpha value is -4.11. The van der Waals surface area contributed by atoms with E-state index in [9.17, 15) is 0 Å². The highest BCUT2D eigenvalue weighted by atomic mass is 32.2. The average Bonchev–Trinajstić information content (AvgIpc) is 3.55. The van der Waals surface area contributed by atoms with Crippen LogP contribution in [0, 0.1) is 0 Å². The molecule has 0 atom stereocenters. The lowest BCUT2D eigenvalue weighted by Gasteiger charge is -2.13. The monoisotopic (exact) mass is 499 g/mol. The molecule has 2 heterocycles. The molecule has 0 fully saturated rings. The normalized spacial score (nSPS) is 10.9. The molecule has 182 valence electrons. The number of aromatic nitrogens is 5. The van der Waals surface area contributed by atoms with E-state index in [0.29, 0.717) is 41.5 Å². The second kappa shape index (κ2) is 11.1. The fourth-order valence-electron chi connectivity index (χ4n) is 3.78. The van der Waals surface area contributed by atoms with Crippen molar-refractivity contribution in [1.29, 1.82) is 0 Å². The van der Waals surface area contributed by atoms with E-state index in [-0.39, 0.29) is 0 Å². The van der Waals surface area contributed by atoms with Crippen molar-refractivity contribution in [3.63, 3.8) is 0 Å². The van der Waals surface area contributed by atoms with Crippen molar-refractivity contribution in [2.75, 3.05) is 13.7 Å². The third kappa shape index (κ3) is 5.26. The number of hydrogen-bond acceptors (Lipinski definition) is 8. The molecule has 0 aliphatic rings. The van der Waals surface area contributed by atoms with E-state index in [0.717, 1.165) is 28.3 Å². The smallest absolute Gasteiger partial charge is 0.237 e. The molecule has 0 aliphatic heterocycles. The predicted octanol–water partition coefficient (Wildman–Crippen LogP) is 5.61. The minimum Gasteiger partial charge on any atom is -0.496 e. The maximum atomic E-state index is 5.62. The van der Waals surface area contributed by atoms with Crippen LogP contribution in [0.4, 0.5) is 0 Å². The Bertz CT molecular complexity index is 1420. The fraction of sp³-hybridized carbons (Fsp3) is 0.185. The number of ether oxygens (including phenoxy) is 2. The zero-order valence-electron chi connectivity index (χ0n) is 20.0. The first-order valence-corrected chi connectivity index (χ1v) is 12.5. The summed E-state index contributed by atoms with van der Waals surface area (Å²) in [6, 6.07) is 25.7. The van der Waals surface area contributed by atoms with Gasteiger partial charge in [0.15, 0.2) is 16.8 Å². The Morgan fingerprint density at radius 2 is 1.69 bits per heavy atom. The average molecular weight is 500 g/mol. The Balaban J connectivity index is 1.43. The van der Waals surface area contributed by atoms with Crippen molar-refractivity contribution in [3.05, 3.63) is 96.1 Å². The van der Waals surface area contributed by atoms with Crippen LogP contribution in [0.2, 0.25) is 0 Å². The van der Waals surface area contributed by atoms with Crippen molar-refractivity contribution in [2.24, 2.45) is 0 Å². The van der Waals surface area contributed by atoms with Crippen molar-refractivity contribution in [3.8, 4) is 28.6 Å². The summed E-state index contributed by atoms with van der Waals surface area (Å²) in [4.78, 5) is 4.55. The summed E-state index contributed by atoms with van der Waals surface area (Å²) < 4.78 is 18.7. The number of rotatable bonds is 10. The summed E-state index contributed by atoms with van der Waals surface area (Å²) in [6.45, 7) is 2.57. The van der Waals surface area contributed by atoms with Gasteiger partial charge in [-0.15, -0.1) is 10.2 Å². The van der Waals surface area contributed by atoms with E-state index in [1.165, 1.54) is 11.8 Å². The minimum atomic E-state index is 0.461. The molecule has 8 nitrogen and oxygen atoms in total. The van der Waals surface area contributed by atoms with Gasteiger partial charge in [-0.25, -0.2) is 0 Å². The Morgan fingerprint density at radius 3 is 2.47 bits per heavy atom. The van der Waals surface area contributed by atoms with Gasteiger partial charge in [0.2, 0.25) is 5.89 Å². The van der Waals surface area contributed by atoms with Crippen molar-refractivity contribution in [2.45, 2.75) is 24.3 Å². The first-order chi connectivity index (χ1) is 17.7. The van der Waals surface area contributed by atoms with Gasteiger partial charge in [0, 0.05) is 6.42 Å². The summed E-state index contributed by atoms with van der Waals surface area (Å²) in [5, 5.41) is 13.8. The van der Waals surface area contributed by atoms with Crippen LogP contribution in [0.25, 0.3) is 17.1 Å². The molecule has 0 spiro atoms. The van der Waals surface area contributed by atoms with Gasteiger partial charge in [0.25, 0.3) is 0 Å². The standard InChI is InChI=1S/C27H25N5O3S/c1-3-34-21-15-13-20(14-16-21)32-26(22-11-7-8-12-23(22)33-2)29-30-27(32)36-18-25-28-24(31-35-25)17-19-9-5-4-6-10-19/h4-16H,3,17-18H2,1-2H3. The van der Waals surface area contributed by atoms with Crippen LogP contribution in [0.1, 0.15) is 24.2 Å². The summed E-state index contributed by atoms with van der Waals surface area (Å²) in [6.07, 6.45) is 0.620. The molecule has 2 aromatic heterocycles. The third-order valence-corrected chi connectivity index (χ3v) is 6.34. The van der Waals surface area contributed by atoms with Gasteiger partial charge < -0.3 is 14.0 Å². The van der Waals surface area contributed by atoms with Gasteiger partial charge >= 0.3 is 0 Å². The van der Waals surface area contributed by atoms with Crippen LogP contribution in [0.5, 0.6) is 11.5 Å². The topological polar surface area (TPSA) is 88.1 Å². The molecular weight excluding hydrogens is 474 g/mol. The van der Waals surface area contributed by atoms with Gasteiger partial charge in [-0.05, 0) is 48.9 Å². The first-order valence-electron chi connectivity index (χ1n) is 11.6. The molecular formula is C27H25N5O3S. The van der Waals surface area contributed by atoms with E-state index in [4.69, 9.17) is 14.0 Å². The van der Waals surface area contributed by atoms with Gasteiger partial charge in [0.1, 0.15) is 11.5 Å². The lowest BCUT2D eigenvalue weighted by Crippen LogP contribution is -2.01. The highest BCUT2D eigenvalue weighted by Gasteiger charge is 2.20. The number of hydrogen-bond donors (Lipinski definition) is 0. The second-order valence-corrected chi connectivity index (χ2v) is 8.77. The van der Waals surface area contributed by atoms with Gasteiger partial charge in [-0.3, -0.25) is 4.57 Å². The summed E-state index contributed by atoms with van der Waals surface area (Å²) in [5.41, 5.74) is 2.88. The molecule has 5 rings (SSSR count). The second-order valence-electron chi connectivity index (χ2n) is 7.82. The van der Waals surface area contributed by atoms with Crippen LogP contribution in [-0.4, -0.2) is 38.6 Å². The van der Waals surface area contributed by atoms with Crippen LogP contribution >= 0.6 is 11.8 Å². The molecule has 5 aromatic rings. The van der Waals surface area contributed by atoms with Gasteiger partial charge in [0.05, 0.1) is 30.7 Å². The SMILES string of the molecule is CCOc1ccc(-n2c(SCc3nc(Cc4ccccc4)no3)nnc2-c2ccccc2OC)cc1. The Labute approximate surface area is 213 Å². The summed E-state index contributed by atoms with van der Waals surface area (Å²) in [7, 11) is 1.65. The molecule has 3 aromatic carbocycles. The number of para-hydroxylation sites is 1. The van der Waals surface area contributed by atoms with Crippen molar-refractivity contribution < 1.29 is 14.0 Å². The van der Waals surface area contributed by atoms with E-state index in [2.05, 4.69) is 20.3 Å². The highest BCUT2D eigenvalue weighted by molar-refractivity contribution is 7.98. The van der Waals surface area contributed by atoms with Gasteiger partial charge in [-0.2, -0.15) is 4.98 Å². The number of nitrogens with zero attached hydrogens (tertiary/aromatic N) is 5. The molecule has 36 heavy (non-hydrogen) atoms. The van der Waals surface area contributed by atoms with Gasteiger partial charge in [-0.1, -0.05) is 59.4 Å². The van der Waals surface area contributed by atoms with Crippen LogP contribution in [0.3, 0.4) is 0 Å². The fourth-order valence-corrected chi connectivity index (χ4v) is 4.57. The molecule has 0 radical (unpaired) electrons. The molecule has 9 heteroatoms. The first kappa shape index (κ1) is 23.6. The number of methoxy groups -OCH3 is 1. The lowest BCUT2D eigenvalue weighted by atomic mass is 10.1. The Kier molecular flexibility index (Phi) is 7.28. The molecule has 0 bridgehead atoms. The van der Waals surface area contributed by atoms with E-state index in [1.54, 1.807) is 7.11 Å². The quantitative estimate of drug-likeness (QED) is 0.229. The zero-order chi connectivity index (χ0) is 24.7. The molecule has 0 aliphatic carbocycles. The summed E-state index contributed by atoms with van der Waals surface area (Å²) >= 11 is 1.48. The van der Waals surface area contributed by atoms with E-state index in [1.807, 2.05) is 90.4 Å². The summed E-state index contributed by atoms with van der Waals surface area (Å²) in [5.74, 6) is 3.85. The number of thioether (sulfide) groups is 1. The highest BCUT2D eigenvalue weighted by Crippen LogP contribution is 2.34. The lowest BCUT2D eigenvalue weighted by molar-refractivity contribution is 0.340. The van der Waals surface area contributed by atoms with E-state index >= 15 is 0 Å². The van der Waals surface area contributed by atoms with Crippen LogP contribution in [-0.2, 0) is 12.2 Å². The zero-order valence-corrected chi connectivity index (χ0v) is 20.8. The molecule has 0 saturated heterocycles. The van der Waals surface area contributed by atoms with Crippen LogP contribution in [0.15, 0.2) is 88.5 Å². The van der Waals surface area contributed by atoms with Crippen molar-refractivity contribution >= 4 is 11.8 Å². The Morgan fingerprint density at radius 1 is 0.917 bits per heavy atom. The largest absolute Gasteiger partial charge is 0.496 e. The minimum absolute atomic E-state index is 0.461. The van der Waals surface area contributed by atoms with E-state index < -0.39 is 0 Å². The van der Waals surface area contributed by atoms with Crippen molar-refractivity contribution in [1.82, 2.24) is 24.9 Å². The molecule has 0 amide bonds. The molecule has 0 N–H and O–H groups in total. The predicted molar refractivity (Wildman–Crippen MR) is 138 cm³/mol. The molecule has 0 unspecified atom stereocenters. The maximum absolute atomic E-state index is 5.62. The molecule has 0 saturated carbocycles. The van der Waals surface area contributed by atoms with Crippen LogP contribution < -0.4 is 9.47 Å².